The van der Waals surface area contributed by atoms with Crippen molar-refractivity contribution in [1.29, 1.82) is 0 Å². The van der Waals surface area contributed by atoms with E-state index in [0.717, 1.165) is 6.42 Å². The molecule has 0 aromatic heterocycles. The Kier molecular flexibility index (Phi) is 4.71. The largest absolute Gasteiger partial charge is 0.489 e. The fourth-order valence-corrected chi connectivity index (χ4v) is 1.73. The average molecular weight is 249 g/mol. The summed E-state index contributed by atoms with van der Waals surface area (Å²) in [5.41, 5.74) is 0.618. The van der Waals surface area contributed by atoms with Crippen molar-refractivity contribution >= 4 is 23.2 Å². The molecule has 1 atom stereocenters. The molecule has 2 nitrogen and oxygen atoms in total. The molecular weight excluding hydrogens is 235 g/mol. The number of rotatable bonds is 4. The summed E-state index contributed by atoms with van der Waals surface area (Å²) >= 11 is 11.8. The maximum Gasteiger partial charge on any atom is 0.143 e. The third kappa shape index (κ3) is 3.26. The molecule has 0 aliphatic heterocycles. The van der Waals surface area contributed by atoms with Crippen LogP contribution in [0.3, 0.4) is 0 Å². The Bertz CT molecular complexity index is 340. The van der Waals surface area contributed by atoms with Crippen molar-refractivity contribution in [2.24, 2.45) is 0 Å². The quantitative estimate of drug-likeness (QED) is 0.882. The summed E-state index contributed by atoms with van der Waals surface area (Å²) in [6.07, 6.45) is 0.943. The van der Waals surface area contributed by atoms with E-state index in [2.05, 4.69) is 0 Å². The molecule has 15 heavy (non-hydrogen) atoms. The Labute approximate surface area is 99.8 Å². The van der Waals surface area contributed by atoms with Crippen LogP contribution in [0.4, 0.5) is 0 Å². The molecule has 0 amide bonds. The molecule has 1 N–H and O–H groups in total. The van der Waals surface area contributed by atoms with Crippen molar-refractivity contribution in [3.63, 3.8) is 0 Å². The SMILES string of the molecule is CCC(C)Oc1c(Cl)cc(Cl)cc1CO. The van der Waals surface area contributed by atoms with Crippen LogP contribution in [0, 0.1) is 0 Å². The summed E-state index contributed by atoms with van der Waals surface area (Å²) in [6, 6.07) is 3.27. The molecule has 0 radical (unpaired) electrons. The number of aliphatic hydroxyl groups is 1. The standard InChI is InChI=1S/C11H14Cl2O2/c1-3-7(2)15-11-8(6-14)4-9(12)5-10(11)13/h4-5,7,14H,3,6H2,1-2H3. The number of hydrogen-bond acceptors (Lipinski definition) is 2. The van der Waals surface area contributed by atoms with Crippen LogP contribution in [0.2, 0.25) is 10.0 Å². The van der Waals surface area contributed by atoms with Gasteiger partial charge in [-0.15, -0.1) is 0 Å². The third-order valence-electron chi connectivity index (χ3n) is 2.15. The molecule has 0 saturated heterocycles. The second-order valence-corrected chi connectivity index (χ2v) is 4.21. The minimum absolute atomic E-state index is 0.0639. The fourth-order valence-electron chi connectivity index (χ4n) is 1.15. The summed E-state index contributed by atoms with van der Waals surface area (Å²) in [7, 11) is 0. The molecule has 1 unspecified atom stereocenters. The van der Waals surface area contributed by atoms with E-state index in [-0.39, 0.29) is 12.7 Å². The summed E-state index contributed by atoms with van der Waals surface area (Å²) in [6.45, 7) is 3.84. The molecule has 1 rings (SSSR count). The Morgan fingerprint density at radius 1 is 1.40 bits per heavy atom. The first-order chi connectivity index (χ1) is 7.08. The van der Waals surface area contributed by atoms with Gasteiger partial charge in [0.2, 0.25) is 0 Å². The first-order valence-corrected chi connectivity index (χ1v) is 5.59. The normalized spacial score (nSPS) is 12.6. The lowest BCUT2D eigenvalue weighted by Crippen LogP contribution is -2.11. The van der Waals surface area contributed by atoms with Gasteiger partial charge >= 0.3 is 0 Å². The van der Waals surface area contributed by atoms with Gasteiger partial charge < -0.3 is 9.84 Å². The number of aliphatic hydroxyl groups excluding tert-OH is 1. The van der Waals surface area contributed by atoms with Crippen LogP contribution in [0.25, 0.3) is 0 Å². The van der Waals surface area contributed by atoms with Gasteiger partial charge in [-0.05, 0) is 25.5 Å². The molecule has 0 fully saturated rings. The van der Waals surface area contributed by atoms with Crippen molar-refractivity contribution in [3.8, 4) is 5.75 Å². The van der Waals surface area contributed by atoms with Gasteiger partial charge in [0.05, 0.1) is 17.7 Å². The minimum Gasteiger partial charge on any atom is -0.489 e. The molecule has 0 aliphatic rings. The second kappa shape index (κ2) is 5.59. The lowest BCUT2D eigenvalue weighted by molar-refractivity contribution is 0.206. The van der Waals surface area contributed by atoms with Gasteiger partial charge in [0.1, 0.15) is 5.75 Å². The van der Waals surface area contributed by atoms with E-state index in [0.29, 0.717) is 21.4 Å². The summed E-state index contributed by atoms with van der Waals surface area (Å²) in [5.74, 6) is 0.526. The number of hydrogen-bond donors (Lipinski definition) is 1. The maximum absolute atomic E-state index is 9.16. The summed E-state index contributed by atoms with van der Waals surface area (Å²) < 4.78 is 5.62. The van der Waals surface area contributed by atoms with Gasteiger partial charge in [0.15, 0.2) is 0 Å². The molecule has 0 bridgehead atoms. The molecular formula is C11H14Cl2O2. The zero-order valence-electron chi connectivity index (χ0n) is 8.76. The van der Waals surface area contributed by atoms with Crippen LogP contribution in [0.15, 0.2) is 12.1 Å². The van der Waals surface area contributed by atoms with Crippen LogP contribution < -0.4 is 4.74 Å². The van der Waals surface area contributed by atoms with E-state index >= 15 is 0 Å². The molecule has 1 aromatic rings. The van der Waals surface area contributed by atoms with E-state index < -0.39 is 0 Å². The number of ether oxygens (including phenoxy) is 1. The van der Waals surface area contributed by atoms with Crippen LogP contribution in [-0.2, 0) is 6.61 Å². The molecule has 1 aromatic carbocycles. The summed E-state index contributed by atoms with van der Waals surface area (Å²) in [4.78, 5) is 0. The average Bonchev–Trinajstić information content (AvgIpc) is 2.21. The van der Waals surface area contributed by atoms with Crippen LogP contribution >= 0.6 is 23.2 Å². The smallest absolute Gasteiger partial charge is 0.143 e. The van der Waals surface area contributed by atoms with E-state index in [4.69, 9.17) is 33.0 Å². The molecule has 0 spiro atoms. The van der Waals surface area contributed by atoms with Gasteiger partial charge in [-0.2, -0.15) is 0 Å². The molecule has 0 heterocycles. The summed E-state index contributed by atoms with van der Waals surface area (Å²) in [5, 5.41) is 10.1. The number of benzene rings is 1. The van der Waals surface area contributed by atoms with E-state index in [9.17, 15) is 0 Å². The predicted molar refractivity (Wildman–Crippen MR) is 62.8 cm³/mol. The highest BCUT2D eigenvalue weighted by Crippen LogP contribution is 2.33. The van der Waals surface area contributed by atoms with Gasteiger partial charge in [-0.25, -0.2) is 0 Å². The highest BCUT2D eigenvalue weighted by molar-refractivity contribution is 6.35. The van der Waals surface area contributed by atoms with Gasteiger partial charge in [0, 0.05) is 10.6 Å². The first-order valence-electron chi connectivity index (χ1n) is 4.83. The van der Waals surface area contributed by atoms with Crippen molar-refractivity contribution in [3.05, 3.63) is 27.7 Å². The van der Waals surface area contributed by atoms with E-state index in [1.807, 2.05) is 13.8 Å². The first kappa shape index (κ1) is 12.6. The third-order valence-corrected chi connectivity index (χ3v) is 2.65. The van der Waals surface area contributed by atoms with Gasteiger partial charge in [0.25, 0.3) is 0 Å². The minimum atomic E-state index is -0.133. The Morgan fingerprint density at radius 3 is 2.60 bits per heavy atom. The fraction of sp³-hybridized carbons (Fsp3) is 0.455. The van der Waals surface area contributed by atoms with Gasteiger partial charge in [-0.1, -0.05) is 30.1 Å². The maximum atomic E-state index is 9.16. The Hall–Kier alpha value is -0.440. The highest BCUT2D eigenvalue weighted by atomic mass is 35.5. The highest BCUT2D eigenvalue weighted by Gasteiger charge is 2.12. The van der Waals surface area contributed by atoms with E-state index in [1.54, 1.807) is 12.1 Å². The van der Waals surface area contributed by atoms with Crippen LogP contribution in [0.5, 0.6) is 5.75 Å². The van der Waals surface area contributed by atoms with Crippen molar-refractivity contribution in [2.45, 2.75) is 33.0 Å². The Balaban J connectivity index is 3.04. The molecule has 4 heteroatoms. The lowest BCUT2D eigenvalue weighted by atomic mass is 10.2. The second-order valence-electron chi connectivity index (χ2n) is 3.37. The molecule has 84 valence electrons. The zero-order valence-corrected chi connectivity index (χ0v) is 10.3. The predicted octanol–water partition coefficient (Wildman–Crippen LogP) is 3.66. The molecule has 0 aliphatic carbocycles. The van der Waals surface area contributed by atoms with Crippen molar-refractivity contribution in [1.82, 2.24) is 0 Å². The van der Waals surface area contributed by atoms with Gasteiger partial charge in [-0.3, -0.25) is 0 Å². The van der Waals surface area contributed by atoms with E-state index in [1.165, 1.54) is 0 Å². The number of halogens is 2. The Morgan fingerprint density at radius 2 is 2.07 bits per heavy atom. The lowest BCUT2D eigenvalue weighted by Gasteiger charge is -2.17. The topological polar surface area (TPSA) is 29.5 Å². The monoisotopic (exact) mass is 248 g/mol. The van der Waals surface area contributed by atoms with Crippen LogP contribution in [-0.4, -0.2) is 11.2 Å². The van der Waals surface area contributed by atoms with Crippen LogP contribution in [0.1, 0.15) is 25.8 Å². The molecule has 0 saturated carbocycles. The van der Waals surface area contributed by atoms with Crippen molar-refractivity contribution in [2.75, 3.05) is 0 Å². The van der Waals surface area contributed by atoms with Crippen molar-refractivity contribution < 1.29 is 9.84 Å². The zero-order chi connectivity index (χ0) is 11.4.